The first-order valence-electron chi connectivity index (χ1n) is 7.83. The molecule has 0 amide bonds. The van der Waals surface area contributed by atoms with E-state index in [2.05, 4.69) is 25.3 Å². The zero-order valence-electron chi connectivity index (χ0n) is 13.9. The Morgan fingerprint density at radius 3 is 2.50 bits per heavy atom. The molecule has 130 valence electrons. The fraction of sp³-hybridized carbons (Fsp3) is 0.375. The highest BCUT2D eigenvalue weighted by atomic mass is 32.2. The smallest absolute Gasteiger partial charge is 0.224 e. The van der Waals surface area contributed by atoms with Crippen LogP contribution >= 0.6 is 0 Å². The third-order valence-corrected chi connectivity index (χ3v) is 4.50. The zero-order chi connectivity index (χ0) is 17.4. The van der Waals surface area contributed by atoms with E-state index in [4.69, 9.17) is 0 Å². The molecule has 0 atom stereocenters. The van der Waals surface area contributed by atoms with Crippen molar-refractivity contribution in [1.82, 2.24) is 14.7 Å². The maximum Gasteiger partial charge on any atom is 0.224 e. The molecule has 1 heterocycles. The predicted octanol–water partition coefficient (Wildman–Crippen LogP) is 1.75. The van der Waals surface area contributed by atoms with Crippen molar-refractivity contribution in [3.8, 4) is 0 Å². The molecule has 7 nitrogen and oxygen atoms in total. The predicted molar refractivity (Wildman–Crippen MR) is 96.5 cm³/mol. The molecule has 1 aromatic carbocycles. The minimum atomic E-state index is -3.35. The van der Waals surface area contributed by atoms with Gasteiger partial charge in [-0.25, -0.2) is 18.1 Å². The second-order valence-corrected chi connectivity index (χ2v) is 7.12. The third kappa shape index (κ3) is 6.13. The largest absolute Gasteiger partial charge is 0.369 e. The Morgan fingerprint density at radius 1 is 1.04 bits per heavy atom. The molecule has 0 aliphatic heterocycles. The van der Waals surface area contributed by atoms with E-state index in [0.29, 0.717) is 18.3 Å². The number of hydrogen-bond acceptors (Lipinski definition) is 6. The van der Waals surface area contributed by atoms with Gasteiger partial charge in [-0.3, -0.25) is 0 Å². The summed E-state index contributed by atoms with van der Waals surface area (Å²) in [5.41, 5.74) is 1.60. The molecule has 3 N–H and O–H groups in total. The Hall–Kier alpha value is -2.19. The number of hydrogen-bond donors (Lipinski definition) is 3. The molecule has 0 bridgehead atoms. The van der Waals surface area contributed by atoms with Crippen LogP contribution in [0.5, 0.6) is 0 Å². The molecular weight excluding hydrogens is 326 g/mol. The number of nitrogens with zero attached hydrogens (tertiary/aromatic N) is 2. The van der Waals surface area contributed by atoms with Gasteiger partial charge in [0.05, 0.1) is 5.75 Å². The van der Waals surface area contributed by atoms with E-state index in [0.717, 1.165) is 17.8 Å². The van der Waals surface area contributed by atoms with Gasteiger partial charge in [0.15, 0.2) is 0 Å². The summed E-state index contributed by atoms with van der Waals surface area (Å²) >= 11 is 0. The summed E-state index contributed by atoms with van der Waals surface area (Å²) in [4.78, 5) is 8.58. The van der Waals surface area contributed by atoms with E-state index in [1.165, 1.54) is 0 Å². The Morgan fingerprint density at radius 2 is 1.79 bits per heavy atom. The molecule has 1 aromatic heterocycles. The lowest BCUT2D eigenvalue weighted by Crippen LogP contribution is -2.30. The highest BCUT2D eigenvalue weighted by Gasteiger charge is 2.10. The fourth-order valence-corrected chi connectivity index (χ4v) is 3.28. The molecule has 0 fully saturated rings. The summed E-state index contributed by atoms with van der Waals surface area (Å²) in [6, 6.07) is 10.9. The minimum Gasteiger partial charge on any atom is -0.369 e. The Kier molecular flexibility index (Phi) is 6.51. The normalized spacial score (nSPS) is 11.2. The number of rotatable bonds is 9. The van der Waals surface area contributed by atoms with Crippen LogP contribution in [0.3, 0.4) is 0 Å². The third-order valence-electron chi connectivity index (χ3n) is 3.14. The number of benzene rings is 1. The lowest BCUT2D eigenvalue weighted by molar-refractivity contribution is 0.582. The standard InChI is InChI=1S/C16H23N5O2S/c1-3-17-16-20-13(2)11-15(21-16)18-9-10-19-24(22,23)12-14-7-5-4-6-8-14/h4-8,11,19H,3,9-10,12H2,1-2H3,(H2,17,18,20,21). The molecule has 0 unspecified atom stereocenters. The van der Waals surface area contributed by atoms with E-state index < -0.39 is 10.0 Å². The van der Waals surface area contributed by atoms with Crippen molar-refractivity contribution in [2.24, 2.45) is 0 Å². The highest BCUT2D eigenvalue weighted by molar-refractivity contribution is 7.88. The van der Waals surface area contributed by atoms with Gasteiger partial charge in [0.1, 0.15) is 5.82 Å². The minimum absolute atomic E-state index is 0.0228. The van der Waals surface area contributed by atoms with Crippen molar-refractivity contribution in [3.63, 3.8) is 0 Å². The lowest BCUT2D eigenvalue weighted by Gasteiger charge is -2.10. The van der Waals surface area contributed by atoms with Crippen LogP contribution in [0.2, 0.25) is 0 Å². The number of aryl methyl sites for hydroxylation is 1. The monoisotopic (exact) mass is 349 g/mol. The van der Waals surface area contributed by atoms with Crippen LogP contribution in [-0.4, -0.2) is 38.0 Å². The number of aromatic nitrogens is 2. The number of anilines is 2. The molecule has 2 aromatic rings. The first-order valence-corrected chi connectivity index (χ1v) is 9.48. The van der Waals surface area contributed by atoms with Gasteiger partial charge < -0.3 is 10.6 Å². The van der Waals surface area contributed by atoms with Crippen LogP contribution < -0.4 is 15.4 Å². The van der Waals surface area contributed by atoms with E-state index in [1.54, 1.807) is 12.1 Å². The summed E-state index contributed by atoms with van der Waals surface area (Å²) < 4.78 is 26.6. The van der Waals surface area contributed by atoms with Crippen molar-refractivity contribution in [1.29, 1.82) is 0 Å². The Labute approximate surface area is 143 Å². The summed E-state index contributed by atoms with van der Waals surface area (Å²) in [5.74, 6) is 1.20. The lowest BCUT2D eigenvalue weighted by atomic mass is 10.2. The van der Waals surface area contributed by atoms with Gasteiger partial charge in [-0.05, 0) is 19.4 Å². The average molecular weight is 349 g/mol. The summed E-state index contributed by atoms with van der Waals surface area (Å²) in [6.45, 7) is 5.32. The van der Waals surface area contributed by atoms with Crippen LogP contribution in [0, 0.1) is 6.92 Å². The van der Waals surface area contributed by atoms with Gasteiger partial charge in [0, 0.05) is 31.4 Å². The summed E-state index contributed by atoms with van der Waals surface area (Å²) in [7, 11) is -3.35. The molecule has 24 heavy (non-hydrogen) atoms. The van der Waals surface area contributed by atoms with E-state index in [1.807, 2.05) is 38.1 Å². The van der Waals surface area contributed by atoms with Crippen molar-refractivity contribution < 1.29 is 8.42 Å². The maximum atomic E-state index is 12.0. The SMILES string of the molecule is CCNc1nc(C)cc(NCCNS(=O)(=O)Cc2ccccc2)n1. The van der Waals surface area contributed by atoms with Crippen LogP contribution in [-0.2, 0) is 15.8 Å². The zero-order valence-corrected chi connectivity index (χ0v) is 14.7. The van der Waals surface area contributed by atoms with Crippen LogP contribution in [0.15, 0.2) is 36.4 Å². The number of nitrogens with one attached hydrogen (secondary N) is 3. The number of sulfonamides is 1. The second-order valence-electron chi connectivity index (χ2n) is 5.31. The van der Waals surface area contributed by atoms with E-state index in [9.17, 15) is 8.42 Å². The van der Waals surface area contributed by atoms with E-state index >= 15 is 0 Å². The molecule has 0 aliphatic carbocycles. The van der Waals surface area contributed by atoms with Gasteiger partial charge in [-0.15, -0.1) is 0 Å². The molecule has 0 spiro atoms. The highest BCUT2D eigenvalue weighted by Crippen LogP contribution is 2.09. The molecule has 0 saturated carbocycles. The van der Waals surface area contributed by atoms with Crippen molar-refractivity contribution in [2.45, 2.75) is 19.6 Å². The topological polar surface area (TPSA) is 96.0 Å². The first kappa shape index (κ1) is 18.2. The summed E-state index contributed by atoms with van der Waals surface area (Å²) in [5, 5.41) is 6.16. The molecule has 2 rings (SSSR count). The molecule has 0 radical (unpaired) electrons. The quantitative estimate of drug-likeness (QED) is 0.597. The fourth-order valence-electron chi connectivity index (χ4n) is 2.14. The molecule has 0 aliphatic rings. The molecule has 0 saturated heterocycles. The Balaban J connectivity index is 1.82. The van der Waals surface area contributed by atoms with E-state index in [-0.39, 0.29) is 12.3 Å². The van der Waals surface area contributed by atoms with Crippen LogP contribution in [0.25, 0.3) is 0 Å². The Bertz CT molecular complexity index is 750. The summed E-state index contributed by atoms with van der Waals surface area (Å²) in [6.07, 6.45) is 0. The maximum absolute atomic E-state index is 12.0. The van der Waals surface area contributed by atoms with Crippen molar-refractivity contribution >= 4 is 21.8 Å². The van der Waals surface area contributed by atoms with Gasteiger partial charge in [0.2, 0.25) is 16.0 Å². The average Bonchev–Trinajstić information content (AvgIpc) is 2.52. The molecular formula is C16H23N5O2S. The van der Waals surface area contributed by atoms with Gasteiger partial charge >= 0.3 is 0 Å². The van der Waals surface area contributed by atoms with Gasteiger partial charge in [-0.2, -0.15) is 4.98 Å². The first-order chi connectivity index (χ1) is 11.5. The van der Waals surface area contributed by atoms with Gasteiger partial charge in [0.25, 0.3) is 0 Å². The van der Waals surface area contributed by atoms with Crippen LogP contribution in [0.4, 0.5) is 11.8 Å². The van der Waals surface area contributed by atoms with Crippen molar-refractivity contribution in [2.75, 3.05) is 30.3 Å². The second kappa shape index (κ2) is 8.60. The van der Waals surface area contributed by atoms with Crippen molar-refractivity contribution in [3.05, 3.63) is 47.7 Å². The van der Waals surface area contributed by atoms with Gasteiger partial charge in [-0.1, -0.05) is 30.3 Å². The molecule has 8 heteroatoms. The van der Waals surface area contributed by atoms with Crippen LogP contribution in [0.1, 0.15) is 18.2 Å².